The lowest BCUT2D eigenvalue weighted by atomic mass is 10.00. The third-order valence-electron chi connectivity index (χ3n) is 3.77. The van der Waals surface area contributed by atoms with E-state index >= 15 is 0 Å². The number of carbonyl (C=O) groups excluding carboxylic acids is 1. The molecule has 1 aromatic heterocycles. The molecule has 8 heteroatoms. The normalized spacial score (nSPS) is 19.4. The van der Waals surface area contributed by atoms with Crippen LogP contribution in [0.15, 0.2) is 0 Å². The molecule has 1 aromatic rings. The van der Waals surface area contributed by atoms with Crippen molar-refractivity contribution in [3.05, 3.63) is 15.6 Å². The molecule has 0 saturated carbocycles. The average Bonchev–Trinajstić information content (AvgIpc) is 2.77. The van der Waals surface area contributed by atoms with E-state index in [-0.39, 0.29) is 17.6 Å². The zero-order chi connectivity index (χ0) is 16.3. The van der Waals surface area contributed by atoms with Gasteiger partial charge in [0.2, 0.25) is 10.0 Å². The summed E-state index contributed by atoms with van der Waals surface area (Å²) < 4.78 is 22.5. The Balaban J connectivity index is 2.08. The van der Waals surface area contributed by atoms with E-state index in [1.165, 1.54) is 11.3 Å². The summed E-state index contributed by atoms with van der Waals surface area (Å²) in [6, 6.07) is 0. The Morgan fingerprint density at radius 3 is 2.86 bits per heavy atom. The molecular formula is C14H23N3O3S2. The molecule has 6 nitrogen and oxygen atoms in total. The first kappa shape index (κ1) is 17.4. The summed E-state index contributed by atoms with van der Waals surface area (Å²) in [6.45, 7) is 5.06. The Kier molecular flexibility index (Phi) is 5.57. The van der Waals surface area contributed by atoms with E-state index in [9.17, 15) is 13.2 Å². The van der Waals surface area contributed by atoms with Crippen LogP contribution in [0.2, 0.25) is 0 Å². The quantitative estimate of drug-likeness (QED) is 0.876. The summed E-state index contributed by atoms with van der Waals surface area (Å²) in [4.78, 5) is 19.5. The molecule has 1 saturated heterocycles. The van der Waals surface area contributed by atoms with Crippen molar-refractivity contribution < 1.29 is 13.2 Å². The van der Waals surface area contributed by atoms with Crippen molar-refractivity contribution in [1.82, 2.24) is 9.88 Å². The predicted molar refractivity (Wildman–Crippen MR) is 87.4 cm³/mol. The SMILES string of the molecule is CCCc1nc(C)c(C(=O)N2CCC[C@H](CS(N)(=O)=O)C2)s1. The highest BCUT2D eigenvalue weighted by Crippen LogP contribution is 2.24. The van der Waals surface area contributed by atoms with Gasteiger partial charge in [0.05, 0.1) is 16.5 Å². The Morgan fingerprint density at radius 2 is 2.23 bits per heavy atom. The second-order valence-electron chi connectivity index (χ2n) is 5.86. The Bertz CT molecular complexity index is 640. The lowest BCUT2D eigenvalue weighted by Crippen LogP contribution is -2.42. The fourth-order valence-electron chi connectivity index (χ4n) is 2.83. The average molecular weight is 345 g/mol. The highest BCUT2D eigenvalue weighted by Gasteiger charge is 2.28. The van der Waals surface area contributed by atoms with E-state index in [2.05, 4.69) is 11.9 Å². The molecule has 2 rings (SSSR count). The van der Waals surface area contributed by atoms with Crippen molar-refractivity contribution in [3.8, 4) is 0 Å². The van der Waals surface area contributed by atoms with Crippen molar-refractivity contribution in [3.63, 3.8) is 0 Å². The van der Waals surface area contributed by atoms with Crippen molar-refractivity contribution in [1.29, 1.82) is 0 Å². The molecule has 0 unspecified atom stereocenters. The van der Waals surface area contributed by atoms with E-state index in [0.717, 1.165) is 36.4 Å². The van der Waals surface area contributed by atoms with Gasteiger partial charge in [-0.2, -0.15) is 0 Å². The van der Waals surface area contributed by atoms with Gasteiger partial charge >= 0.3 is 0 Å². The number of rotatable bonds is 5. The molecule has 1 atom stereocenters. The molecule has 1 aliphatic rings. The minimum Gasteiger partial charge on any atom is -0.338 e. The van der Waals surface area contributed by atoms with Crippen LogP contribution in [0.1, 0.15) is 46.6 Å². The number of hydrogen-bond donors (Lipinski definition) is 1. The first-order chi connectivity index (χ1) is 10.3. The molecule has 124 valence electrons. The van der Waals surface area contributed by atoms with Crippen LogP contribution < -0.4 is 5.14 Å². The monoisotopic (exact) mass is 345 g/mol. The summed E-state index contributed by atoms with van der Waals surface area (Å²) in [7, 11) is -3.50. The van der Waals surface area contributed by atoms with Crippen LogP contribution in [0.25, 0.3) is 0 Å². The van der Waals surface area contributed by atoms with Crippen LogP contribution in [0.4, 0.5) is 0 Å². The van der Waals surface area contributed by atoms with Crippen molar-refractivity contribution >= 4 is 27.3 Å². The van der Waals surface area contributed by atoms with Crippen LogP contribution in [-0.4, -0.2) is 43.1 Å². The van der Waals surface area contributed by atoms with Gasteiger partial charge in [-0.1, -0.05) is 6.92 Å². The van der Waals surface area contributed by atoms with Gasteiger partial charge < -0.3 is 4.90 Å². The maximum Gasteiger partial charge on any atom is 0.265 e. The highest BCUT2D eigenvalue weighted by atomic mass is 32.2. The third kappa shape index (κ3) is 4.50. The van der Waals surface area contributed by atoms with Gasteiger partial charge in [-0.3, -0.25) is 4.79 Å². The van der Waals surface area contributed by atoms with Crippen molar-refractivity contribution in [2.75, 3.05) is 18.8 Å². The number of likely N-dealkylation sites (tertiary alicyclic amines) is 1. The summed E-state index contributed by atoms with van der Waals surface area (Å²) in [5, 5.41) is 6.11. The predicted octanol–water partition coefficient (Wildman–Crippen LogP) is 1.54. The van der Waals surface area contributed by atoms with E-state index in [1.807, 2.05) is 6.92 Å². The molecule has 1 aliphatic heterocycles. The first-order valence-corrected chi connectivity index (χ1v) is 10.1. The Morgan fingerprint density at radius 1 is 1.50 bits per heavy atom. The standard InChI is InChI=1S/C14H23N3O3S2/c1-3-5-12-16-10(2)13(21-12)14(18)17-7-4-6-11(8-17)9-22(15,19)20/h11H,3-9H2,1-2H3,(H2,15,19,20)/t11-/m0/s1. The van der Waals surface area contributed by atoms with Crippen molar-refractivity contribution in [2.45, 2.75) is 39.5 Å². The molecule has 22 heavy (non-hydrogen) atoms. The topological polar surface area (TPSA) is 93.4 Å². The number of thiazole rings is 1. The van der Waals surface area contributed by atoms with Crippen molar-refractivity contribution in [2.24, 2.45) is 11.1 Å². The number of aromatic nitrogens is 1. The Labute approximate surface area is 135 Å². The lowest BCUT2D eigenvalue weighted by molar-refractivity contribution is 0.0688. The minimum absolute atomic E-state index is 0.0310. The van der Waals surface area contributed by atoms with E-state index in [0.29, 0.717) is 18.0 Å². The molecule has 2 N–H and O–H groups in total. The number of hydrogen-bond acceptors (Lipinski definition) is 5. The molecule has 0 spiro atoms. The number of carbonyl (C=O) groups is 1. The molecule has 1 amide bonds. The van der Waals surface area contributed by atoms with Crippen LogP contribution >= 0.6 is 11.3 Å². The molecule has 0 aromatic carbocycles. The summed E-state index contributed by atoms with van der Waals surface area (Å²) in [6.07, 6.45) is 3.49. The number of sulfonamides is 1. The summed E-state index contributed by atoms with van der Waals surface area (Å²) >= 11 is 1.45. The third-order valence-corrected chi connectivity index (χ3v) is 5.91. The zero-order valence-corrected chi connectivity index (χ0v) is 14.7. The molecule has 0 bridgehead atoms. The second kappa shape index (κ2) is 7.06. The molecular weight excluding hydrogens is 322 g/mol. The largest absolute Gasteiger partial charge is 0.338 e. The van der Waals surface area contributed by atoms with E-state index in [1.54, 1.807) is 4.90 Å². The summed E-state index contributed by atoms with van der Waals surface area (Å²) in [5.41, 5.74) is 0.770. The number of primary sulfonamides is 1. The molecule has 0 radical (unpaired) electrons. The number of piperidine rings is 1. The van der Waals surface area contributed by atoms with E-state index < -0.39 is 10.0 Å². The van der Waals surface area contributed by atoms with Crippen LogP contribution in [0.5, 0.6) is 0 Å². The number of aryl methyl sites for hydroxylation is 2. The maximum absolute atomic E-state index is 12.7. The van der Waals surface area contributed by atoms with Gasteiger partial charge in [-0.05, 0) is 38.5 Å². The smallest absolute Gasteiger partial charge is 0.265 e. The number of nitrogens with zero attached hydrogens (tertiary/aromatic N) is 2. The second-order valence-corrected chi connectivity index (χ2v) is 8.60. The minimum atomic E-state index is -3.50. The van der Waals surface area contributed by atoms with E-state index in [4.69, 9.17) is 5.14 Å². The van der Waals surface area contributed by atoms with Gasteiger partial charge in [0.15, 0.2) is 0 Å². The van der Waals surface area contributed by atoms with Crippen LogP contribution in [0, 0.1) is 12.8 Å². The number of nitrogens with two attached hydrogens (primary N) is 1. The van der Waals surface area contributed by atoms with Gasteiger partial charge in [0, 0.05) is 13.1 Å². The Hall–Kier alpha value is -0.990. The van der Waals surface area contributed by atoms with Gasteiger partial charge in [0.1, 0.15) is 4.88 Å². The van der Waals surface area contributed by atoms with Crippen LogP contribution in [-0.2, 0) is 16.4 Å². The fraction of sp³-hybridized carbons (Fsp3) is 0.714. The highest BCUT2D eigenvalue weighted by molar-refractivity contribution is 7.89. The molecule has 0 aliphatic carbocycles. The first-order valence-electron chi connectivity index (χ1n) is 7.56. The summed E-state index contributed by atoms with van der Waals surface area (Å²) in [5.74, 6) is -0.160. The van der Waals surface area contributed by atoms with Gasteiger partial charge in [-0.15, -0.1) is 11.3 Å². The molecule has 2 heterocycles. The fourth-order valence-corrected chi connectivity index (χ4v) is 4.89. The lowest BCUT2D eigenvalue weighted by Gasteiger charge is -2.32. The van der Waals surface area contributed by atoms with Gasteiger partial charge in [-0.25, -0.2) is 18.5 Å². The van der Waals surface area contributed by atoms with Gasteiger partial charge in [0.25, 0.3) is 5.91 Å². The molecule has 1 fully saturated rings. The number of amides is 1. The zero-order valence-electron chi connectivity index (χ0n) is 13.0. The van der Waals surface area contributed by atoms with Crippen LogP contribution in [0.3, 0.4) is 0 Å². The maximum atomic E-state index is 12.7.